The lowest BCUT2D eigenvalue weighted by atomic mass is 9.96. The second-order valence-electron chi connectivity index (χ2n) is 9.00. The topological polar surface area (TPSA) is 121 Å². The molecular formula is C27H31ClN4O6. The van der Waals surface area contributed by atoms with Crippen LogP contribution in [0.5, 0.6) is 5.75 Å². The maximum Gasteiger partial charge on any atom is 0.303 e. The van der Waals surface area contributed by atoms with E-state index in [-0.39, 0.29) is 18.5 Å². The van der Waals surface area contributed by atoms with Crippen molar-refractivity contribution in [2.75, 3.05) is 17.2 Å². The van der Waals surface area contributed by atoms with Gasteiger partial charge in [-0.3, -0.25) is 23.9 Å². The Hall–Kier alpha value is -4.05. The largest absolute Gasteiger partial charge is 0.492 e. The van der Waals surface area contributed by atoms with Gasteiger partial charge in [-0.05, 0) is 51.1 Å². The highest BCUT2D eigenvalue weighted by Crippen LogP contribution is 2.30. The zero-order chi connectivity index (χ0) is 28.0. The number of anilines is 2. The monoisotopic (exact) mass is 542 g/mol. The second kappa shape index (κ2) is 12.0. The molecule has 1 aromatic heterocycles. The molecule has 2 N–H and O–H groups in total. The zero-order valence-electron chi connectivity index (χ0n) is 22.0. The highest BCUT2D eigenvalue weighted by atomic mass is 35.5. The summed E-state index contributed by atoms with van der Waals surface area (Å²) in [7, 11) is 1.71. The fourth-order valence-electron chi connectivity index (χ4n) is 4.13. The van der Waals surface area contributed by atoms with Crippen LogP contribution in [0.25, 0.3) is 5.69 Å². The molecule has 3 aromatic rings. The minimum atomic E-state index is -1.49. The molecule has 1 unspecified atom stereocenters. The van der Waals surface area contributed by atoms with Crippen LogP contribution in [0.1, 0.15) is 39.3 Å². The minimum absolute atomic E-state index is 0.0938. The van der Waals surface area contributed by atoms with Gasteiger partial charge >= 0.3 is 5.97 Å². The van der Waals surface area contributed by atoms with Gasteiger partial charge in [-0.1, -0.05) is 29.8 Å². The number of carbonyl (C=O) groups is 3. The van der Waals surface area contributed by atoms with Crippen molar-refractivity contribution >= 4 is 40.8 Å². The van der Waals surface area contributed by atoms with Gasteiger partial charge in [0.1, 0.15) is 17.0 Å². The van der Waals surface area contributed by atoms with Crippen LogP contribution in [0.3, 0.4) is 0 Å². The number of carbonyl (C=O) groups excluding carboxylic acids is 3. The first-order valence-electron chi connectivity index (χ1n) is 12.0. The third kappa shape index (κ3) is 6.83. The van der Waals surface area contributed by atoms with Crippen molar-refractivity contribution in [2.24, 2.45) is 7.05 Å². The van der Waals surface area contributed by atoms with E-state index >= 15 is 0 Å². The number of hydrogen-bond donors (Lipinski definition) is 2. The van der Waals surface area contributed by atoms with E-state index in [0.29, 0.717) is 34.4 Å². The molecule has 0 radical (unpaired) electrons. The Morgan fingerprint density at radius 1 is 1.03 bits per heavy atom. The molecule has 0 aliphatic carbocycles. The molecule has 202 valence electrons. The van der Waals surface area contributed by atoms with Gasteiger partial charge in [-0.25, -0.2) is 4.68 Å². The lowest BCUT2D eigenvalue weighted by Crippen LogP contribution is -2.39. The molecule has 0 aliphatic rings. The Morgan fingerprint density at radius 2 is 1.66 bits per heavy atom. The molecule has 1 heterocycles. The van der Waals surface area contributed by atoms with Gasteiger partial charge in [0.05, 0.1) is 36.5 Å². The SMILES string of the molecule is CCOc1ccc(Cl)cc1NC(=O)CC(C)(CC(=O)Nc1c(C)n(C)n(-c2ccccc2)c1=O)OC(C)=O. The average Bonchev–Trinajstić information content (AvgIpc) is 3.03. The van der Waals surface area contributed by atoms with Crippen LogP contribution < -0.4 is 20.9 Å². The normalized spacial score (nSPS) is 12.4. The number of halogens is 1. The summed E-state index contributed by atoms with van der Waals surface area (Å²) in [5.41, 5.74) is -0.301. The van der Waals surface area contributed by atoms with Gasteiger partial charge in [0.25, 0.3) is 5.56 Å². The molecule has 0 spiro atoms. The van der Waals surface area contributed by atoms with Crippen LogP contribution in [0.4, 0.5) is 11.4 Å². The third-order valence-corrected chi connectivity index (χ3v) is 6.03. The molecule has 0 aliphatic heterocycles. The Morgan fingerprint density at radius 3 is 2.26 bits per heavy atom. The van der Waals surface area contributed by atoms with Crippen molar-refractivity contribution in [1.29, 1.82) is 0 Å². The molecule has 1 atom stereocenters. The molecule has 38 heavy (non-hydrogen) atoms. The van der Waals surface area contributed by atoms with Crippen LogP contribution in [-0.2, 0) is 26.2 Å². The maximum absolute atomic E-state index is 13.1. The van der Waals surface area contributed by atoms with Gasteiger partial charge in [-0.2, -0.15) is 0 Å². The molecule has 0 saturated heterocycles. The lowest BCUT2D eigenvalue weighted by Gasteiger charge is -2.28. The number of amides is 2. The number of nitrogens with zero attached hydrogens (tertiary/aromatic N) is 2. The lowest BCUT2D eigenvalue weighted by molar-refractivity contribution is -0.158. The van der Waals surface area contributed by atoms with E-state index in [1.807, 2.05) is 6.07 Å². The summed E-state index contributed by atoms with van der Waals surface area (Å²) in [6.45, 7) is 6.56. The fraction of sp³-hybridized carbons (Fsp3) is 0.333. The van der Waals surface area contributed by atoms with E-state index in [0.717, 1.165) is 0 Å². The molecule has 0 bridgehead atoms. The van der Waals surface area contributed by atoms with Crippen molar-refractivity contribution in [3.8, 4) is 11.4 Å². The third-order valence-electron chi connectivity index (χ3n) is 5.79. The Kier molecular flexibility index (Phi) is 9.00. The molecule has 11 heteroatoms. The molecule has 0 fully saturated rings. The van der Waals surface area contributed by atoms with Crippen molar-refractivity contribution < 1.29 is 23.9 Å². The standard InChI is InChI=1S/C27H31ClN4O6/c1-6-37-22-13-12-19(28)14-21(22)29-23(34)15-27(4,38-18(3)33)16-24(35)30-25-17(2)31(5)32(26(25)36)20-10-8-7-9-11-20/h7-14H,6,15-16H2,1-5H3,(H,29,34)(H,30,35). The zero-order valence-corrected chi connectivity index (χ0v) is 22.7. The Bertz CT molecular complexity index is 1400. The fourth-order valence-corrected chi connectivity index (χ4v) is 4.30. The van der Waals surface area contributed by atoms with Crippen LogP contribution in [0, 0.1) is 6.92 Å². The van der Waals surface area contributed by atoms with Crippen molar-refractivity contribution in [1.82, 2.24) is 9.36 Å². The summed E-state index contributed by atoms with van der Waals surface area (Å²) in [5.74, 6) is -1.35. The summed E-state index contributed by atoms with van der Waals surface area (Å²) in [6.07, 6.45) is -0.701. The van der Waals surface area contributed by atoms with Crippen LogP contribution >= 0.6 is 11.6 Å². The van der Waals surface area contributed by atoms with Crippen LogP contribution in [0.15, 0.2) is 53.3 Å². The summed E-state index contributed by atoms with van der Waals surface area (Å²) in [5, 5.41) is 5.74. The van der Waals surface area contributed by atoms with E-state index in [9.17, 15) is 19.2 Å². The first-order valence-corrected chi connectivity index (χ1v) is 12.4. The molecule has 3 rings (SSSR count). The molecule has 0 saturated carbocycles. The number of aromatic nitrogens is 2. The molecule has 10 nitrogen and oxygen atoms in total. The number of benzene rings is 2. The first kappa shape index (κ1) is 28.5. The van der Waals surface area contributed by atoms with E-state index in [1.165, 1.54) is 24.6 Å². The molecule has 2 amide bonds. The summed E-state index contributed by atoms with van der Waals surface area (Å²) < 4.78 is 14.0. The highest BCUT2D eigenvalue weighted by Gasteiger charge is 2.35. The van der Waals surface area contributed by atoms with Crippen molar-refractivity contribution in [2.45, 2.75) is 46.1 Å². The van der Waals surface area contributed by atoms with Crippen molar-refractivity contribution in [3.05, 3.63) is 69.6 Å². The van der Waals surface area contributed by atoms with E-state index < -0.39 is 28.9 Å². The van der Waals surface area contributed by atoms with Crippen LogP contribution in [0.2, 0.25) is 5.02 Å². The van der Waals surface area contributed by atoms with Gasteiger partial charge in [0.2, 0.25) is 11.8 Å². The van der Waals surface area contributed by atoms with E-state index in [1.54, 1.807) is 62.0 Å². The number of para-hydroxylation sites is 1. The maximum atomic E-state index is 13.1. The number of rotatable bonds is 10. The summed E-state index contributed by atoms with van der Waals surface area (Å²) in [4.78, 5) is 51.0. The number of hydrogen-bond acceptors (Lipinski definition) is 6. The highest BCUT2D eigenvalue weighted by molar-refractivity contribution is 6.31. The summed E-state index contributed by atoms with van der Waals surface area (Å²) >= 11 is 6.07. The quantitative estimate of drug-likeness (QED) is 0.370. The summed E-state index contributed by atoms with van der Waals surface area (Å²) in [6, 6.07) is 13.8. The van der Waals surface area contributed by atoms with Gasteiger partial charge in [-0.15, -0.1) is 0 Å². The van der Waals surface area contributed by atoms with Gasteiger partial charge in [0, 0.05) is 19.0 Å². The van der Waals surface area contributed by atoms with E-state index in [4.69, 9.17) is 21.1 Å². The van der Waals surface area contributed by atoms with Crippen molar-refractivity contribution in [3.63, 3.8) is 0 Å². The first-order chi connectivity index (χ1) is 17.9. The van der Waals surface area contributed by atoms with Gasteiger partial charge in [0.15, 0.2) is 0 Å². The predicted molar refractivity (Wildman–Crippen MR) is 145 cm³/mol. The average molecular weight is 543 g/mol. The smallest absolute Gasteiger partial charge is 0.303 e. The number of esters is 1. The minimum Gasteiger partial charge on any atom is -0.492 e. The van der Waals surface area contributed by atoms with Crippen LogP contribution in [-0.4, -0.2) is 39.4 Å². The number of ether oxygens (including phenoxy) is 2. The number of nitrogens with one attached hydrogen (secondary N) is 2. The Balaban J connectivity index is 1.80. The Labute approximate surface area is 225 Å². The van der Waals surface area contributed by atoms with Gasteiger partial charge < -0.3 is 20.1 Å². The second-order valence-corrected chi connectivity index (χ2v) is 9.44. The predicted octanol–water partition coefficient (Wildman–Crippen LogP) is 4.22. The van der Waals surface area contributed by atoms with E-state index in [2.05, 4.69) is 10.6 Å². The molecular weight excluding hydrogens is 512 g/mol. The molecule has 2 aromatic carbocycles.